The van der Waals surface area contributed by atoms with Gasteiger partial charge in [-0.05, 0) is 50.1 Å². The summed E-state index contributed by atoms with van der Waals surface area (Å²) in [6.07, 6.45) is -0.152. The summed E-state index contributed by atoms with van der Waals surface area (Å²) in [4.78, 5) is 12.7. The highest BCUT2D eigenvalue weighted by Crippen LogP contribution is 2.38. The highest BCUT2D eigenvalue weighted by Gasteiger charge is 2.45. The van der Waals surface area contributed by atoms with Crippen LogP contribution < -0.4 is 10.1 Å². The standard InChI is InChI=1S/C20H27N3O6S/c1-13-8-16(23(2)22-13)19(26)21-11-20(9-17(24)18(25)10-20)12-29-14-4-6-15(7-5-14)30(3,27)28/h4-8,17-18,24-25H,9-12H2,1-3H3,(H,21,26)/t17-,18+,20?. The molecule has 3 N–H and O–H groups in total. The zero-order valence-corrected chi connectivity index (χ0v) is 18.0. The van der Waals surface area contributed by atoms with E-state index in [1.807, 2.05) is 0 Å². The number of carbonyl (C=O) groups is 1. The first kappa shape index (κ1) is 22.3. The fraction of sp³-hybridized carbons (Fsp3) is 0.500. The number of ether oxygens (including phenoxy) is 1. The normalized spacial score (nSPS) is 24.0. The fourth-order valence-corrected chi connectivity index (χ4v) is 4.39. The molecule has 3 atom stereocenters. The summed E-state index contributed by atoms with van der Waals surface area (Å²) in [6, 6.07) is 7.72. The number of aliphatic hydroxyl groups is 2. The summed E-state index contributed by atoms with van der Waals surface area (Å²) < 4.78 is 30.5. The number of amides is 1. The Hall–Kier alpha value is -2.43. The minimum absolute atomic E-state index is 0.143. The van der Waals surface area contributed by atoms with Crippen LogP contribution in [-0.2, 0) is 16.9 Å². The Morgan fingerprint density at radius 1 is 1.27 bits per heavy atom. The van der Waals surface area contributed by atoms with E-state index in [4.69, 9.17) is 4.74 Å². The van der Waals surface area contributed by atoms with E-state index in [0.29, 0.717) is 11.4 Å². The average molecular weight is 438 g/mol. The molecule has 1 aromatic carbocycles. The molecule has 1 aliphatic carbocycles. The Bertz CT molecular complexity index is 1010. The van der Waals surface area contributed by atoms with E-state index in [9.17, 15) is 23.4 Å². The largest absolute Gasteiger partial charge is 0.493 e. The molecule has 2 aromatic rings. The first-order valence-electron chi connectivity index (χ1n) is 9.57. The molecule has 0 saturated heterocycles. The summed E-state index contributed by atoms with van der Waals surface area (Å²) in [5, 5.41) is 27.2. The third-order valence-electron chi connectivity index (χ3n) is 5.38. The van der Waals surface area contributed by atoms with Gasteiger partial charge in [0.15, 0.2) is 9.84 Å². The van der Waals surface area contributed by atoms with Crippen LogP contribution in [0.25, 0.3) is 0 Å². The van der Waals surface area contributed by atoms with Gasteiger partial charge in [-0.3, -0.25) is 9.48 Å². The molecule has 1 unspecified atom stereocenters. The topological polar surface area (TPSA) is 131 Å². The van der Waals surface area contributed by atoms with Crippen LogP contribution in [0.2, 0.25) is 0 Å². The Morgan fingerprint density at radius 2 is 1.87 bits per heavy atom. The number of aliphatic hydroxyl groups excluding tert-OH is 2. The molecule has 1 saturated carbocycles. The molecule has 1 aromatic heterocycles. The number of rotatable bonds is 7. The lowest BCUT2D eigenvalue weighted by atomic mass is 9.86. The number of carbonyl (C=O) groups excluding carboxylic acids is 1. The fourth-order valence-electron chi connectivity index (χ4n) is 3.76. The summed E-state index contributed by atoms with van der Waals surface area (Å²) in [7, 11) is -1.61. The molecule has 1 heterocycles. The van der Waals surface area contributed by atoms with Gasteiger partial charge in [-0.1, -0.05) is 0 Å². The predicted octanol–water partition coefficient (Wildman–Crippen LogP) is 0.443. The second-order valence-electron chi connectivity index (χ2n) is 8.05. The van der Waals surface area contributed by atoms with Gasteiger partial charge in [0.05, 0.1) is 29.4 Å². The Kier molecular flexibility index (Phi) is 6.21. The van der Waals surface area contributed by atoms with Gasteiger partial charge in [0.2, 0.25) is 0 Å². The molecule has 30 heavy (non-hydrogen) atoms. The van der Waals surface area contributed by atoms with Gasteiger partial charge in [0.25, 0.3) is 5.91 Å². The quantitative estimate of drug-likeness (QED) is 0.573. The molecule has 10 heteroatoms. The van der Waals surface area contributed by atoms with Gasteiger partial charge < -0.3 is 20.3 Å². The molecule has 0 spiro atoms. The average Bonchev–Trinajstić information content (AvgIpc) is 3.16. The smallest absolute Gasteiger partial charge is 0.269 e. The van der Waals surface area contributed by atoms with Gasteiger partial charge >= 0.3 is 0 Å². The number of nitrogens with zero attached hydrogens (tertiary/aromatic N) is 2. The van der Waals surface area contributed by atoms with Crippen molar-refractivity contribution in [3.05, 3.63) is 41.7 Å². The molecule has 1 aliphatic rings. The van der Waals surface area contributed by atoms with Crippen LogP contribution in [0, 0.1) is 12.3 Å². The summed E-state index contributed by atoms with van der Waals surface area (Å²) in [5.41, 5.74) is 0.474. The van der Waals surface area contributed by atoms with Gasteiger partial charge in [-0.15, -0.1) is 0 Å². The number of hydrogen-bond acceptors (Lipinski definition) is 7. The van der Waals surface area contributed by atoms with Crippen molar-refractivity contribution < 1.29 is 28.2 Å². The molecular weight excluding hydrogens is 410 g/mol. The van der Waals surface area contributed by atoms with Crippen molar-refractivity contribution in [2.45, 2.75) is 36.9 Å². The number of sulfone groups is 1. The predicted molar refractivity (Wildman–Crippen MR) is 109 cm³/mol. The number of aromatic nitrogens is 2. The highest BCUT2D eigenvalue weighted by molar-refractivity contribution is 7.90. The molecular formula is C20H27N3O6S. The van der Waals surface area contributed by atoms with Crippen molar-refractivity contribution in [3.8, 4) is 5.75 Å². The maximum Gasteiger partial charge on any atom is 0.269 e. The van der Waals surface area contributed by atoms with Crippen molar-refractivity contribution in [2.75, 3.05) is 19.4 Å². The summed E-state index contributed by atoms with van der Waals surface area (Å²) in [5.74, 6) is 0.164. The number of aryl methyl sites for hydroxylation is 2. The van der Waals surface area contributed by atoms with Gasteiger partial charge in [-0.25, -0.2) is 8.42 Å². The molecule has 164 valence electrons. The van der Waals surface area contributed by atoms with Crippen LogP contribution in [0.15, 0.2) is 35.2 Å². The molecule has 0 radical (unpaired) electrons. The zero-order valence-electron chi connectivity index (χ0n) is 17.2. The van der Waals surface area contributed by atoms with E-state index >= 15 is 0 Å². The van der Waals surface area contributed by atoms with Crippen LogP contribution in [-0.4, -0.2) is 65.9 Å². The SMILES string of the molecule is Cc1cc(C(=O)NCC2(COc3ccc(S(C)(=O)=O)cc3)C[C@@H](O)[C@@H](O)C2)n(C)n1. The Labute approximate surface area is 175 Å². The first-order valence-corrected chi connectivity index (χ1v) is 11.5. The van der Waals surface area contributed by atoms with Crippen molar-refractivity contribution in [1.29, 1.82) is 0 Å². The molecule has 0 aliphatic heterocycles. The third-order valence-corrected chi connectivity index (χ3v) is 6.51. The molecule has 9 nitrogen and oxygen atoms in total. The minimum atomic E-state index is -3.30. The van der Waals surface area contributed by atoms with E-state index in [-0.39, 0.29) is 36.8 Å². The van der Waals surface area contributed by atoms with E-state index in [1.165, 1.54) is 16.8 Å². The first-order chi connectivity index (χ1) is 14.0. The second kappa shape index (κ2) is 8.37. The van der Waals surface area contributed by atoms with Crippen LogP contribution in [0.1, 0.15) is 29.0 Å². The maximum atomic E-state index is 12.6. The van der Waals surface area contributed by atoms with Crippen molar-refractivity contribution in [2.24, 2.45) is 12.5 Å². The summed E-state index contributed by atoms with van der Waals surface area (Å²) >= 11 is 0. The lowest BCUT2D eigenvalue weighted by Crippen LogP contribution is -2.41. The van der Waals surface area contributed by atoms with Crippen molar-refractivity contribution >= 4 is 15.7 Å². The second-order valence-corrected chi connectivity index (χ2v) is 10.1. The number of benzene rings is 1. The third kappa shape index (κ3) is 5.00. The highest BCUT2D eigenvalue weighted by atomic mass is 32.2. The van der Waals surface area contributed by atoms with Crippen LogP contribution in [0.4, 0.5) is 0 Å². The molecule has 3 rings (SSSR count). The van der Waals surface area contributed by atoms with Crippen LogP contribution in [0.3, 0.4) is 0 Å². The van der Waals surface area contributed by atoms with Gasteiger partial charge in [-0.2, -0.15) is 5.10 Å². The molecule has 0 bridgehead atoms. The van der Waals surface area contributed by atoms with Gasteiger partial charge in [0, 0.05) is 25.3 Å². The van der Waals surface area contributed by atoms with E-state index in [2.05, 4.69) is 10.4 Å². The lowest BCUT2D eigenvalue weighted by Gasteiger charge is -2.29. The maximum absolute atomic E-state index is 12.6. The number of nitrogens with one attached hydrogen (secondary N) is 1. The Morgan fingerprint density at radius 3 is 2.37 bits per heavy atom. The van der Waals surface area contributed by atoms with E-state index in [1.54, 1.807) is 32.2 Å². The van der Waals surface area contributed by atoms with Crippen molar-refractivity contribution in [3.63, 3.8) is 0 Å². The summed E-state index contributed by atoms with van der Waals surface area (Å²) in [6.45, 7) is 2.14. The number of hydrogen-bond donors (Lipinski definition) is 3. The lowest BCUT2D eigenvalue weighted by molar-refractivity contribution is 0.0438. The van der Waals surface area contributed by atoms with E-state index in [0.717, 1.165) is 11.9 Å². The van der Waals surface area contributed by atoms with Gasteiger partial charge in [0.1, 0.15) is 11.4 Å². The zero-order chi connectivity index (χ0) is 22.1. The monoisotopic (exact) mass is 437 g/mol. The van der Waals surface area contributed by atoms with Crippen molar-refractivity contribution in [1.82, 2.24) is 15.1 Å². The minimum Gasteiger partial charge on any atom is -0.493 e. The van der Waals surface area contributed by atoms with E-state index < -0.39 is 27.5 Å². The van der Waals surface area contributed by atoms with Crippen LogP contribution in [0.5, 0.6) is 5.75 Å². The van der Waals surface area contributed by atoms with Crippen LogP contribution >= 0.6 is 0 Å². The molecule has 1 fully saturated rings. The molecule has 1 amide bonds. The Balaban J connectivity index is 1.69.